The van der Waals surface area contributed by atoms with Crippen LogP contribution in [0.15, 0.2) is 24.3 Å². The minimum absolute atomic E-state index is 0.316. The van der Waals surface area contributed by atoms with Gasteiger partial charge in [0.15, 0.2) is 0 Å². The third-order valence-electron chi connectivity index (χ3n) is 4.27. The maximum absolute atomic E-state index is 11.1. The zero-order chi connectivity index (χ0) is 23.6. The standard InChI is InChI=1S/C10H20O5Si.C10H22O3Si/c1-9(2)10(11)15-7-6-8-16(12-3,13-4)14-5;1-9(2)8-13-7-5-6-10(14,11-3)12-4/h1,6-8H2,2-5H3;1,5-8H2,2-4,14H3. The first-order valence-corrected chi connectivity index (χ1v) is 12.8. The highest BCUT2D eigenvalue weighted by atomic mass is 28.4. The lowest BCUT2D eigenvalue weighted by Crippen LogP contribution is -2.42. The van der Waals surface area contributed by atoms with Gasteiger partial charge in [-0.25, -0.2) is 4.79 Å². The van der Waals surface area contributed by atoms with Crippen molar-refractivity contribution in [1.82, 2.24) is 0 Å². The predicted molar refractivity (Wildman–Crippen MR) is 124 cm³/mol. The van der Waals surface area contributed by atoms with Gasteiger partial charge >= 0.3 is 14.8 Å². The van der Waals surface area contributed by atoms with Crippen LogP contribution in [0.5, 0.6) is 0 Å². The summed E-state index contributed by atoms with van der Waals surface area (Å²) in [5.74, 6) is -0.375. The first kappa shape index (κ1) is 31.3. The van der Waals surface area contributed by atoms with Gasteiger partial charge in [-0.1, -0.05) is 18.7 Å². The van der Waals surface area contributed by atoms with E-state index in [1.807, 2.05) is 6.92 Å². The molecule has 0 aromatic carbocycles. The molecule has 10 heteroatoms. The van der Waals surface area contributed by atoms with Crippen molar-refractivity contribution in [3.05, 3.63) is 24.3 Å². The van der Waals surface area contributed by atoms with Crippen molar-refractivity contribution in [1.29, 1.82) is 0 Å². The van der Waals surface area contributed by atoms with Gasteiger partial charge in [-0.3, -0.25) is 0 Å². The van der Waals surface area contributed by atoms with Crippen molar-refractivity contribution >= 4 is 25.0 Å². The van der Waals surface area contributed by atoms with Crippen LogP contribution in [0, 0.1) is 0 Å². The number of hydrogen-bond donors (Lipinski definition) is 0. The first-order valence-electron chi connectivity index (χ1n) is 9.85. The van der Waals surface area contributed by atoms with Gasteiger partial charge in [-0.2, -0.15) is 0 Å². The van der Waals surface area contributed by atoms with Gasteiger partial charge in [0.1, 0.15) is 5.41 Å². The highest BCUT2D eigenvalue weighted by Gasteiger charge is 2.37. The van der Waals surface area contributed by atoms with Gasteiger partial charge in [0.25, 0.3) is 0 Å². The molecule has 0 aliphatic rings. The highest BCUT2D eigenvalue weighted by Crippen LogP contribution is 2.15. The van der Waals surface area contributed by atoms with Crippen LogP contribution in [-0.4, -0.2) is 85.8 Å². The van der Waals surface area contributed by atoms with Crippen molar-refractivity contribution in [2.75, 3.05) is 55.4 Å². The number of methoxy groups -OCH3 is 2. The monoisotopic (exact) mass is 466 g/mol. The molecule has 0 saturated carbocycles. The van der Waals surface area contributed by atoms with Crippen molar-refractivity contribution in [3.8, 4) is 0 Å². The average molecular weight is 467 g/mol. The molecule has 0 saturated heterocycles. The second-order valence-corrected chi connectivity index (χ2v) is 11.6. The van der Waals surface area contributed by atoms with Gasteiger partial charge in [0.05, 0.1) is 23.5 Å². The van der Waals surface area contributed by atoms with E-state index in [9.17, 15) is 4.79 Å². The van der Waals surface area contributed by atoms with Crippen LogP contribution in [0.1, 0.15) is 33.1 Å². The van der Waals surface area contributed by atoms with E-state index < -0.39 is 8.80 Å². The summed E-state index contributed by atoms with van der Waals surface area (Å²) in [6.07, 6.45) is 2.49. The minimum Gasteiger partial charge on any atom is -0.462 e. The fourth-order valence-electron chi connectivity index (χ4n) is 2.16. The summed E-state index contributed by atoms with van der Waals surface area (Å²) in [5, 5.41) is 0. The zero-order valence-corrected chi connectivity index (χ0v) is 23.1. The van der Waals surface area contributed by atoms with Crippen LogP contribution >= 0.6 is 0 Å². The lowest BCUT2D eigenvalue weighted by atomic mass is 10.3. The smallest absolute Gasteiger partial charge is 0.462 e. The van der Waals surface area contributed by atoms with Crippen molar-refractivity contribution < 1.29 is 37.0 Å². The van der Waals surface area contributed by atoms with Crippen LogP contribution < -0.4 is 0 Å². The Hall–Kier alpha value is -0.856. The van der Waals surface area contributed by atoms with E-state index in [0.717, 1.165) is 35.3 Å². The Morgan fingerprint density at radius 2 is 1.47 bits per heavy atom. The molecule has 0 aromatic rings. The fourth-order valence-corrected chi connectivity index (χ4v) is 4.21. The number of rotatable bonds is 16. The van der Waals surface area contributed by atoms with Crippen molar-refractivity contribution in [2.45, 2.75) is 44.6 Å². The molecule has 0 N–H and O–H groups in total. The number of carbonyl (C=O) groups excluding carboxylic acids is 1. The highest BCUT2D eigenvalue weighted by molar-refractivity contribution is 6.60. The minimum atomic E-state index is -2.53. The van der Waals surface area contributed by atoms with Gasteiger partial charge in [0, 0.05) is 53.8 Å². The molecule has 0 heterocycles. The molecule has 30 heavy (non-hydrogen) atoms. The second-order valence-electron chi connectivity index (χ2n) is 6.97. The first-order chi connectivity index (χ1) is 14.0. The number of carbonyl (C=O) groups is 1. The Morgan fingerprint density at radius 1 is 0.933 bits per heavy atom. The molecule has 0 amide bonds. The Labute approximate surface area is 186 Å². The molecule has 0 atom stereocenters. The molecule has 0 unspecified atom stereocenters. The average Bonchev–Trinajstić information content (AvgIpc) is 2.74. The van der Waals surface area contributed by atoms with E-state index in [1.165, 1.54) is 0 Å². The molecule has 0 fully saturated rings. The van der Waals surface area contributed by atoms with Crippen molar-refractivity contribution in [3.63, 3.8) is 0 Å². The van der Waals surface area contributed by atoms with E-state index in [-0.39, 0.29) is 11.4 Å². The lowest BCUT2D eigenvalue weighted by Gasteiger charge is -2.26. The number of esters is 1. The van der Waals surface area contributed by atoms with Crippen LogP contribution in [0.3, 0.4) is 0 Å². The van der Waals surface area contributed by atoms with Gasteiger partial charge in [-0.15, -0.1) is 0 Å². The molecular weight excluding hydrogens is 424 g/mol. The van der Waals surface area contributed by atoms with Crippen LogP contribution in [0.2, 0.25) is 6.04 Å². The summed E-state index contributed by atoms with van der Waals surface area (Å²) >= 11 is 0. The normalized spacial score (nSPS) is 11.6. The largest absolute Gasteiger partial charge is 0.500 e. The molecule has 0 aromatic heterocycles. The Bertz CT molecular complexity index is 483. The molecule has 8 nitrogen and oxygen atoms in total. The molecule has 0 aliphatic heterocycles. The molecular formula is C20H42O8Si2. The maximum Gasteiger partial charge on any atom is 0.500 e. The van der Waals surface area contributed by atoms with Crippen LogP contribution in [-0.2, 0) is 37.0 Å². The predicted octanol–water partition coefficient (Wildman–Crippen LogP) is 2.05. The van der Waals surface area contributed by atoms with Gasteiger partial charge in [-0.05, 0) is 33.1 Å². The summed E-state index contributed by atoms with van der Waals surface area (Å²) < 4.78 is 36.6. The van der Waals surface area contributed by atoms with E-state index in [4.69, 9.17) is 32.2 Å². The summed E-state index contributed by atoms with van der Waals surface area (Å²) in [6, 6.07) is 0.611. The summed E-state index contributed by atoms with van der Waals surface area (Å²) in [7, 11) is 6.37. The third-order valence-corrected chi connectivity index (χ3v) is 8.42. The van der Waals surface area contributed by atoms with E-state index >= 15 is 0 Å². The molecule has 0 radical (unpaired) electrons. The maximum atomic E-state index is 11.1. The quantitative estimate of drug-likeness (QED) is 0.0854. The van der Waals surface area contributed by atoms with E-state index in [1.54, 1.807) is 42.5 Å². The van der Waals surface area contributed by atoms with Crippen LogP contribution in [0.4, 0.5) is 0 Å². The Kier molecular flexibility index (Phi) is 18.6. The molecule has 0 rings (SSSR count). The van der Waals surface area contributed by atoms with E-state index in [2.05, 4.69) is 13.2 Å². The summed E-state index contributed by atoms with van der Waals surface area (Å²) in [5.41, 5.74) is 1.11. The SMILES string of the molecule is C=C(C)C(=O)OCCC[Si](OC)(OC)OC.C=C(C)COCCCC([SiH3])(OC)OC. The van der Waals surface area contributed by atoms with Gasteiger partial charge < -0.3 is 32.2 Å². The summed E-state index contributed by atoms with van der Waals surface area (Å²) in [4.78, 5) is 11.1. The number of hydrogen-bond acceptors (Lipinski definition) is 8. The number of ether oxygens (including phenoxy) is 4. The van der Waals surface area contributed by atoms with Crippen molar-refractivity contribution in [2.24, 2.45) is 0 Å². The van der Waals surface area contributed by atoms with E-state index in [0.29, 0.717) is 31.3 Å². The topological polar surface area (TPSA) is 81.7 Å². The second kappa shape index (κ2) is 17.8. The van der Waals surface area contributed by atoms with Crippen LogP contribution in [0.25, 0.3) is 0 Å². The summed E-state index contributed by atoms with van der Waals surface area (Å²) in [6.45, 7) is 12.5. The Balaban J connectivity index is 0. The fraction of sp³-hybridized carbons (Fsp3) is 0.750. The third kappa shape index (κ3) is 15.0. The van der Waals surface area contributed by atoms with Gasteiger partial charge in [0.2, 0.25) is 0 Å². The molecule has 0 spiro atoms. The molecule has 0 bridgehead atoms. The Morgan fingerprint density at radius 3 is 1.87 bits per heavy atom. The lowest BCUT2D eigenvalue weighted by molar-refractivity contribution is -0.148. The zero-order valence-electron chi connectivity index (χ0n) is 20.1. The molecule has 178 valence electrons. The molecule has 0 aliphatic carbocycles.